The van der Waals surface area contributed by atoms with Crippen LogP contribution < -0.4 is 5.48 Å². The Kier molecular flexibility index (Phi) is 4.60. The van der Waals surface area contributed by atoms with Crippen LogP contribution in [0.1, 0.15) is 31.2 Å². The molecule has 5 nitrogen and oxygen atoms in total. The molecule has 0 bridgehead atoms. The van der Waals surface area contributed by atoms with Crippen LogP contribution in [0.4, 0.5) is 4.39 Å². The van der Waals surface area contributed by atoms with E-state index in [0.717, 1.165) is 31.2 Å². The van der Waals surface area contributed by atoms with Crippen molar-refractivity contribution in [1.82, 2.24) is 10.4 Å². The van der Waals surface area contributed by atoms with Crippen LogP contribution in [0.3, 0.4) is 0 Å². The maximum atomic E-state index is 13.4. The quantitative estimate of drug-likeness (QED) is 0.635. The van der Waals surface area contributed by atoms with E-state index in [1.165, 1.54) is 12.1 Å². The van der Waals surface area contributed by atoms with Gasteiger partial charge in [0.15, 0.2) is 0 Å². The molecule has 6 heteroatoms. The van der Waals surface area contributed by atoms with Gasteiger partial charge in [0, 0.05) is 18.7 Å². The Morgan fingerprint density at radius 3 is 2.96 bits per heavy atom. The summed E-state index contributed by atoms with van der Waals surface area (Å²) >= 11 is 0. The summed E-state index contributed by atoms with van der Waals surface area (Å²) in [5.41, 5.74) is 2.62. The molecule has 1 heterocycles. The third-order valence-electron chi connectivity index (χ3n) is 6.28. The first-order valence-electron chi connectivity index (χ1n) is 9.39. The highest BCUT2D eigenvalue weighted by atomic mass is 19.1. The number of hydrogen-bond donors (Lipinski definition) is 2. The fraction of sp³-hybridized carbons (Fsp3) is 0.429. The van der Waals surface area contributed by atoms with Crippen molar-refractivity contribution in [2.24, 2.45) is 17.3 Å². The van der Waals surface area contributed by atoms with Crippen LogP contribution in [0, 0.1) is 23.1 Å². The van der Waals surface area contributed by atoms with Gasteiger partial charge in [-0.15, -0.1) is 0 Å². The number of benzene rings is 1. The number of allylic oxidation sites excluding steroid dienone is 2. The highest BCUT2D eigenvalue weighted by Gasteiger charge is 2.50. The second-order valence-electron chi connectivity index (χ2n) is 7.88. The minimum Gasteiger partial charge on any atom is -0.338 e. The van der Waals surface area contributed by atoms with Crippen molar-refractivity contribution in [3.05, 3.63) is 59.4 Å². The highest BCUT2D eigenvalue weighted by Crippen LogP contribution is 2.50. The van der Waals surface area contributed by atoms with Crippen molar-refractivity contribution >= 4 is 11.8 Å². The number of carbonyl (C=O) groups excluding carboxylic acids is 2. The fourth-order valence-corrected chi connectivity index (χ4v) is 4.83. The predicted octanol–water partition coefficient (Wildman–Crippen LogP) is 2.96. The lowest BCUT2D eigenvalue weighted by Gasteiger charge is -2.40. The molecule has 1 aromatic carbocycles. The Morgan fingerprint density at radius 2 is 2.19 bits per heavy atom. The molecule has 142 valence electrons. The zero-order valence-electron chi connectivity index (χ0n) is 15.0. The van der Waals surface area contributed by atoms with E-state index in [-0.39, 0.29) is 29.0 Å². The number of halogens is 1. The normalized spacial score (nSPS) is 29.6. The topological polar surface area (TPSA) is 69.6 Å². The number of fused-ring (bicyclic) bond motifs is 1. The van der Waals surface area contributed by atoms with Crippen LogP contribution in [0.25, 0.3) is 0 Å². The second-order valence-corrected chi connectivity index (χ2v) is 7.88. The molecule has 1 spiro atoms. The van der Waals surface area contributed by atoms with E-state index < -0.39 is 5.91 Å². The van der Waals surface area contributed by atoms with Gasteiger partial charge in [0.05, 0.1) is 5.41 Å². The van der Waals surface area contributed by atoms with E-state index in [4.69, 9.17) is 5.21 Å². The molecule has 1 saturated heterocycles. The summed E-state index contributed by atoms with van der Waals surface area (Å²) in [6.45, 7) is 1.15. The van der Waals surface area contributed by atoms with E-state index in [1.807, 2.05) is 23.1 Å². The summed E-state index contributed by atoms with van der Waals surface area (Å²) < 4.78 is 13.4. The Morgan fingerprint density at radius 1 is 1.33 bits per heavy atom. The Balaban J connectivity index is 1.45. The van der Waals surface area contributed by atoms with E-state index >= 15 is 0 Å². The number of nitrogens with zero attached hydrogens (tertiary/aromatic N) is 1. The summed E-state index contributed by atoms with van der Waals surface area (Å²) in [5, 5.41) is 8.80. The largest absolute Gasteiger partial charge is 0.338 e. The summed E-state index contributed by atoms with van der Waals surface area (Å²) in [5.74, 6) is -0.161. The Labute approximate surface area is 157 Å². The second kappa shape index (κ2) is 6.93. The molecule has 1 aromatic rings. The highest BCUT2D eigenvalue weighted by molar-refractivity contribution is 5.95. The van der Waals surface area contributed by atoms with Crippen molar-refractivity contribution in [1.29, 1.82) is 0 Å². The Hall–Kier alpha value is -2.47. The molecule has 2 N–H and O–H groups in total. The number of likely N-dealkylation sites (tertiary alicyclic amines) is 1. The number of carbonyl (C=O) groups is 2. The van der Waals surface area contributed by atoms with Crippen molar-refractivity contribution in [2.45, 2.75) is 32.2 Å². The molecule has 2 aliphatic carbocycles. The van der Waals surface area contributed by atoms with Crippen LogP contribution in [0.2, 0.25) is 0 Å². The third kappa shape index (κ3) is 3.30. The summed E-state index contributed by atoms with van der Waals surface area (Å²) in [4.78, 5) is 26.6. The standard InChI is InChI=1S/C21H23FN2O3/c22-18-3-1-2-14(10-18)13-24-9-8-21(20(24)26)7-6-15-11-16(19(25)23-27)4-5-17(15)12-21/h1-5,10-11,15,17,27H,6-9,12-13H2,(H,23,25)/t15?,17?,21-/m0/s1. The van der Waals surface area contributed by atoms with E-state index in [9.17, 15) is 14.0 Å². The molecule has 2 unspecified atom stereocenters. The zero-order valence-corrected chi connectivity index (χ0v) is 15.0. The van der Waals surface area contributed by atoms with Gasteiger partial charge in [-0.25, -0.2) is 9.87 Å². The van der Waals surface area contributed by atoms with Crippen molar-refractivity contribution < 1.29 is 19.2 Å². The van der Waals surface area contributed by atoms with Crippen molar-refractivity contribution in [3.8, 4) is 0 Å². The van der Waals surface area contributed by atoms with Crippen molar-refractivity contribution in [2.75, 3.05) is 6.54 Å². The van der Waals surface area contributed by atoms with Gasteiger partial charge in [-0.05, 0) is 55.2 Å². The van der Waals surface area contributed by atoms with Crippen LogP contribution in [-0.4, -0.2) is 28.5 Å². The monoisotopic (exact) mass is 370 g/mol. The van der Waals surface area contributed by atoms with Crippen LogP contribution in [0.5, 0.6) is 0 Å². The van der Waals surface area contributed by atoms with Crippen LogP contribution >= 0.6 is 0 Å². The molecule has 3 atom stereocenters. The third-order valence-corrected chi connectivity index (χ3v) is 6.28. The molecule has 1 saturated carbocycles. The molecule has 0 aromatic heterocycles. The Bertz CT molecular complexity index is 834. The molecular formula is C21H23FN2O3. The van der Waals surface area contributed by atoms with Gasteiger partial charge in [-0.2, -0.15) is 0 Å². The minimum absolute atomic E-state index is 0.168. The maximum absolute atomic E-state index is 13.4. The van der Waals surface area contributed by atoms with Crippen LogP contribution in [0.15, 0.2) is 48.1 Å². The van der Waals surface area contributed by atoms with Gasteiger partial charge in [-0.1, -0.05) is 30.4 Å². The van der Waals surface area contributed by atoms with Gasteiger partial charge in [0.1, 0.15) is 5.82 Å². The summed E-state index contributed by atoms with van der Waals surface area (Å²) in [6.07, 6.45) is 8.88. The van der Waals surface area contributed by atoms with Gasteiger partial charge in [-0.3, -0.25) is 14.8 Å². The van der Waals surface area contributed by atoms with Gasteiger partial charge in [0.25, 0.3) is 5.91 Å². The average Bonchev–Trinajstić information content (AvgIpc) is 2.96. The number of nitrogens with one attached hydrogen (secondary N) is 1. The minimum atomic E-state index is -0.497. The number of rotatable bonds is 3. The van der Waals surface area contributed by atoms with E-state index in [1.54, 1.807) is 17.6 Å². The first-order valence-corrected chi connectivity index (χ1v) is 9.39. The lowest BCUT2D eigenvalue weighted by atomic mass is 9.63. The maximum Gasteiger partial charge on any atom is 0.274 e. The molecule has 27 heavy (non-hydrogen) atoms. The zero-order chi connectivity index (χ0) is 19.0. The fourth-order valence-electron chi connectivity index (χ4n) is 4.83. The lowest BCUT2D eigenvalue weighted by Crippen LogP contribution is -2.40. The SMILES string of the molecule is O=C(NO)C1=CC2CC[C@]3(CCN(Cc4cccc(F)c4)C3=O)CC2C=C1. The summed E-state index contributed by atoms with van der Waals surface area (Å²) in [6, 6.07) is 6.41. The van der Waals surface area contributed by atoms with Crippen molar-refractivity contribution in [3.63, 3.8) is 0 Å². The molecule has 4 rings (SSSR count). The van der Waals surface area contributed by atoms with Gasteiger partial charge < -0.3 is 4.90 Å². The molecule has 2 fully saturated rings. The molecule has 2 amide bonds. The number of hydrogen-bond acceptors (Lipinski definition) is 3. The van der Waals surface area contributed by atoms with Crippen LogP contribution in [-0.2, 0) is 16.1 Å². The lowest BCUT2D eigenvalue weighted by molar-refractivity contribution is -0.139. The number of amides is 2. The predicted molar refractivity (Wildman–Crippen MR) is 96.9 cm³/mol. The number of hydroxylamine groups is 1. The molecular weight excluding hydrogens is 347 g/mol. The van der Waals surface area contributed by atoms with E-state index in [2.05, 4.69) is 0 Å². The van der Waals surface area contributed by atoms with E-state index in [0.29, 0.717) is 18.7 Å². The summed E-state index contributed by atoms with van der Waals surface area (Å²) in [7, 11) is 0. The molecule has 1 aliphatic heterocycles. The van der Waals surface area contributed by atoms with Gasteiger partial charge >= 0.3 is 0 Å². The smallest absolute Gasteiger partial charge is 0.274 e. The van der Waals surface area contributed by atoms with Gasteiger partial charge in [0.2, 0.25) is 5.91 Å². The molecule has 3 aliphatic rings. The first-order chi connectivity index (χ1) is 13.0. The average molecular weight is 370 g/mol. The first kappa shape index (κ1) is 17.9. The molecule has 0 radical (unpaired) electrons.